The molecule has 0 aromatic carbocycles. The fraction of sp³-hybridized carbons (Fsp3) is 0.500. The first-order chi connectivity index (χ1) is 3.43. The summed E-state index contributed by atoms with van der Waals surface area (Å²) in [6, 6.07) is 0.140. The van der Waals surface area contributed by atoms with Crippen LogP contribution in [0.25, 0.3) is 0 Å². The van der Waals surface area contributed by atoms with Crippen LogP contribution in [0.5, 0.6) is 0 Å². The Hall–Kier alpha value is -0.370. The molecule has 1 rings (SSSR count). The molecular weight excluding hydrogens is 112 g/mol. The number of rotatable bonds is 1. The lowest BCUT2D eigenvalue weighted by Crippen LogP contribution is -2.02. The molecule has 3 heteroatoms. The third-order valence-electron chi connectivity index (χ3n) is 0.741. The zero-order valence-electron chi connectivity index (χ0n) is 3.71. The lowest BCUT2D eigenvalue weighted by Gasteiger charge is -1.89. The van der Waals surface area contributed by atoms with Crippen molar-refractivity contribution in [1.82, 2.24) is 0 Å². The predicted octanol–water partition coefficient (Wildman–Crippen LogP) is 0.707. The van der Waals surface area contributed by atoms with Crippen molar-refractivity contribution in [3.05, 3.63) is 0 Å². The predicted molar refractivity (Wildman–Crippen MR) is 31.5 cm³/mol. The highest BCUT2D eigenvalue weighted by molar-refractivity contribution is 6.19. The van der Waals surface area contributed by atoms with Gasteiger partial charge in [0.05, 0.1) is 0 Å². The van der Waals surface area contributed by atoms with E-state index in [0.717, 1.165) is 0 Å². The highest BCUT2D eigenvalue weighted by atomic mass is 35.5. The Morgan fingerprint density at radius 1 is 1.71 bits per heavy atom. The lowest BCUT2D eigenvalue weighted by atomic mass is 10.4. The minimum absolute atomic E-state index is 0.140. The van der Waals surface area contributed by atoms with Crippen LogP contribution in [-0.2, 0) is 0 Å². The molecular formula is C4H5ClN2. The maximum Gasteiger partial charge on any atom is 0.110 e. The van der Waals surface area contributed by atoms with Gasteiger partial charge in [0.25, 0.3) is 0 Å². The molecule has 0 aromatic heterocycles. The largest absolute Gasteiger partial charge is 0.263 e. The molecule has 0 saturated heterocycles. The molecule has 0 radical (unpaired) electrons. The van der Waals surface area contributed by atoms with Gasteiger partial charge in [0.1, 0.15) is 12.4 Å². The van der Waals surface area contributed by atoms with Crippen LogP contribution in [0.3, 0.4) is 0 Å². The highest BCUT2D eigenvalue weighted by Crippen LogP contribution is 1.94. The van der Waals surface area contributed by atoms with Crippen LogP contribution in [0.1, 0.15) is 0 Å². The molecule has 0 amide bonds. The van der Waals surface area contributed by atoms with E-state index in [-0.39, 0.29) is 6.04 Å². The van der Waals surface area contributed by atoms with E-state index in [2.05, 4.69) is 9.98 Å². The Balaban J connectivity index is 2.44. The molecule has 0 bridgehead atoms. The summed E-state index contributed by atoms with van der Waals surface area (Å²) in [5.41, 5.74) is 0. The molecule has 38 valence electrons. The third-order valence-corrected chi connectivity index (χ3v) is 1.06. The van der Waals surface area contributed by atoms with Gasteiger partial charge < -0.3 is 0 Å². The number of hydrogen-bond acceptors (Lipinski definition) is 2. The van der Waals surface area contributed by atoms with Gasteiger partial charge in [-0.15, -0.1) is 11.6 Å². The van der Waals surface area contributed by atoms with Gasteiger partial charge in [-0.05, 0) is 0 Å². The average molecular weight is 117 g/mol. The van der Waals surface area contributed by atoms with Crippen molar-refractivity contribution in [3.63, 3.8) is 0 Å². The van der Waals surface area contributed by atoms with Crippen LogP contribution in [0, 0.1) is 0 Å². The summed E-state index contributed by atoms with van der Waals surface area (Å²) < 4.78 is 0. The second-order valence-electron chi connectivity index (χ2n) is 1.28. The van der Waals surface area contributed by atoms with Crippen LogP contribution in [0.4, 0.5) is 0 Å². The summed E-state index contributed by atoms with van der Waals surface area (Å²) in [7, 11) is 0. The van der Waals surface area contributed by atoms with E-state index in [1.54, 1.807) is 6.21 Å². The molecule has 1 atom stereocenters. The van der Waals surface area contributed by atoms with Gasteiger partial charge in [-0.3, -0.25) is 4.99 Å². The Morgan fingerprint density at radius 2 is 2.57 bits per heavy atom. The lowest BCUT2D eigenvalue weighted by molar-refractivity contribution is 1.03. The Bertz CT molecular complexity index is 96.3. The summed E-state index contributed by atoms with van der Waals surface area (Å²) in [4.78, 5) is 7.61. The van der Waals surface area contributed by atoms with Gasteiger partial charge in [-0.2, -0.15) is 0 Å². The van der Waals surface area contributed by atoms with E-state index in [0.29, 0.717) is 5.88 Å². The maximum atomic E-state index is 5.40. The van der Waals surface area contributed by atoms with Crippen LogP contribution >= 0.6 is 11.6 Å². The minimum atomic E-state index is 0.140. The first kappa shape index (κ1) is 4.78. The zero-order chi connectivity index (χ0) is 5.11. The van der Waals surface area contributed by atoms with Crippen LogP contribution in [0.2, 0.25) is 0 Å². The van der Waals surface area contributed by atoms with Gasteiger partial charge in [0.2, 0.25) is 0 Å². The van der Waals surface area contributed by atoms with Crippen molar-refractivity contribution in [2.45, 2.75) is 6.04 Å². The molecule has 2 nitrogen and oxygen atoms in total. The molecule has 0 aromatic rings. The zero-order valence-corrected chi connectivity index (χ0v) is 4.47. The minimum Gasteiger partial charge on any atom is -0.263 e. The van der Waals surface area contributed by atoms with Crippen molar-refractivity contribution in [3.8, 4) is 0 Å². The van der Waals surface area contributed by atoms with E-state index in [9.17, 15) is 0 Å². The Labute approximate surface area is 46.9 Å². The van der Waals surface area contributed by atoms with Crippen molar-refractivity contribution >= 4 is 24.2 Å². The molecule has 0 aliphatic carbocycles. The number of hydrogen-bond donors (Lipinski definition) is 0. The van der Waals surface area contributed by atoms with Crippen LogP contribution < -0.4 is 0 Å². The van der Waals surface area contributed by atoms with Gasteiger partial charge >= 0.3 is 0 Å². The number of nitrogens with zero attached hydrogens (tertiary/aromatic N) is 2. The fourth-order valence-electron chi connectivity index (χ4n) is 0.380. The molecule has 7 heavy (non-hydrogen) atoms. The molecule has 1 aliphatic heterocycles. The fourth-order valence-corrected chi connectivity index (χ4v) is 0.539. The number of aliphatic imine (C=N–C) groups is 2. The molecule has 1 heterocycles. The average Bonchev–Trinajstić information content (AvgIpc) is 2.14. The molecule has 0 spiro atoms. The topological polar surface area (TPSA) is 24.7 Å². The summed E-state index contributed by atoms with van der Waals surface area (Å²) in [6.45, 7) is 0. The number of halogens is 1. The summed E-state index contributed by atoms with van der Waals surface area (Å²) >= 11 is 5.40. The smallest absolute Gasteiger partial charge is 0.110 e. The van der Waals surface area contributed by atoms with E-state index in [4.69, 9.17) is 11.6 Å². The molecule has 0 unspecified atom stereocenters. The van der Waals surface area contributed by atoms with Crippen molar-refractivity contribution in [2.24, 2.45) is 9.98 Å². The highest BCUT2D eigenvalue weighted by Gasteiger charge is 2.00. The van der Waals surface area contributed by atoms with E-state index >= 15 is 0 Å². The van der Waals surface area contributed by atoms with E-state index < -0.39 is 0 Å². The van der Waals surface area contributed by atoms with Crippen molar-refractivity contribution in [1.29, 1.82) is 0 Å². The van der Waals surface area contributed by atoms with Gasteiger partial charge in [0, 0.05) is 12.1 Å². The Kier molecular flexibility index (Phi) is 1.42. The third kappa shape index (κ3) is 0.996. The van der Waals surface area contributed by atoms with E-state index in [1.807, 2.05) is 0 Å². The van der Waals surface area contributed by atoms with Crippen LogP contribution in [-0.4, -0.2) is 24.5 Å². The standard InChI is InChI=1S/C4H5ClN2/c5-1-4-2-6-3-7-4/h2-4H,1H2/t4-/m0/s1. The molecule has 0 saturated carbocycles. The summed E-state index contributed by atoms with van der Waals surface area (Å²) in [6.07, 6.45) is 3.25. The van der Waals surface area contributed by atoms with Crippen LogP contribution in [0.15, 0.2) is 9.98 Å². The normalized spacial score (nSPS) is 26.7. The molecule has 0 fully saturated rings. The van der Waals surface area contributed by atoms with Gasteiger partial charge in [0.15, 0.2) is 0 Å². The maximum absolute atomic E-state index is 5.40. The SMILES string of the molecule is ClC[C@H]1C=NC=N1. The molecule has 1 aliphatic rings. The second kappa shape index (κ2) is 2.07. The first-order valence-electron chi connectivity index (χ1n) is 2.04. The second-order valence-corrected chi connectivity index (χ2v) is 1.59. The van der Waals surface area contributed by atoms with Crippen molar-refractivity contribution < 1.29 is 0 Å². The first-order valence-corrected chi connectivity index (χ1v) is 2.58. The van der Waals surface area contributed by atoms with Gasteiger partial charge in [-0.1, -0.05) is 0 Å². The summed E-state index contributed by atoms with van der Waals surface area (Å²) in [5, 5.41) is 0. The Morgan fingerprint density at radius 3 is 2.86 bits per heavy atom. The van der Waals surface area contributed by atoms with Crippen molar-refractivity contribution in [2.75, 3.05) is 5.88 Å². The van der Waals surface area contributed by atoms with Gasteiger partial charge in [-0.25, -0.2) is 4.99 Å². The monoisotopic (exact) mass is 116 g/mol. The number of alkyl halides is 1. The summed E-state index contributed by atoms with van der Waals surface area (Å²) in [5.74, 6) is 0.542. The quantitative estimate of drug-likeness (QED) is 0.451. The molecule has 0 N–H and O–H groups in total. The van der Waals surface area contributed by atoms with E-state index in [1.165, 1.54) is 6.34 Å².